The summed E-state index contributed by atoms with van der Waals surface area (Å²) < 4.78 is 21.6. The Kier molecular flexibility index (Phi) is 4.86. The van der Waals surface area contributed by atoms with E-state index in [1.807, 2.05) is 6.07 Å². The zero-order valence-corrected chi connectivity index (χ0v) is 17.1. The van der Waals surface area contributed by atoms with Gasteiger partial charge in [0.15, 0.2) is 0 Å². The lowest BCUT2D eigenvalue weighted by atomic mass is 10.1. The third kappa shape index (κ3) is 3.45. The zero-order valence-electron chi connectivity index (χ0n) is 17.1. The molecule has 0 N–H and O–H groups in total. The molecule has 3 aromatic rings. The molecule has 1 saturated heterocycles. The molecule has 1 saturated carbocycles. The van der Waals surface area contributed by atoms with Gasteiger partial charge in [-0.05, 0) is 48.9 Å². The van der Waals surface area contributed by atoms with E-state index in [4.69, 9.17) is 4.52 Å². The van der Waals surface area contributed by atoms with E-state index in [-0.39, 0.29) is 11.7 Å². The van der Waals surface area contributed by atoms with Crippen LogP contribution < -0.4 is 0 Å². The first-order chi connectivity index (χ1) is 14.1. The molecular weight excluding hydrogens is 369 g/mol. The van der Waals surface area contributed by atoms with Crippen LogP contribution in [-0.4, -0.2) is 44.0 Å². The van der Waals surface area contributed by atoms with Crippen LogP contribution in [0.3, 0.4) is 0 Å². The lowest BCUT2D eigenvalue weighted by molar-refractivity contribution is 0.234. The van der Waals surface area contributed by atoms with Gasteiger partial charge in [0.1, 0.15) is 11.3 Å². The first kappa shape index (κ1) is 18.7. The number of benzene rings is 1. The van der Waals surface area contributed by atoms with Gasteiger partial charge in [0, 0.05) is 24.4 Å². The van der Waals surface area contributed by atoms with Crippen molar-refractivity contribution in [3.05, 3.63) is 35.6 Å². The number of aromatic nitrogens is 4. The lowest BCUT2D eigenvalue weighted by Gasteiger charge is -2.23. The third-order valence-corrected chi connectivity index (χ3v) is 6.50. The average Bonchev–Trinajstić information content (AvgIpc) is 3.48. The van der Waals surface area contributed by atoms with Gasteiger partial charge in [-0.2, -0.15) is 14.8 Å². The molecule has 0 bridgehead atoms. The van der Waals surface area contributed by atoms with Gasteiger partial charge in [0.05, 0.1) is 5.69 Å². The molecule has 0 radical (unpaired) electrons. The first-order valence-electron chi connectivity index (χ1n) is 10.8. The summed E-state index contributed by atoms with van der Waals surface area (Å²) >= 11 is 0. The van der Waals surface area contributed by atoms with Crippen LogP contribution in [0.25, 0.3) is 16.9 Å². The molecule has 0 amide bonds. The highest BCUT2D eigenvalue weighted by molar-refractivity contribution is 5.84. The van der Waals surface area contributed by atoms with Crippen molar-refractivity contribution in [1.29, 1.82) is 0 Å². The highest BCUT2D eigenvalue weighted by Crippen LogP contribution is 2.31. The normalized spacial score (nSPS) is 21.2. The molecule has 1 aliphatic heterocycles. The molecule has 2 aromatic heterocycles. The van der Waals surface area contributed by atoms with Crippen molar-refractivity contribution in [2.45, 2.75) is 64.3 Å². The molecule has 7 heteroatoms. The Labute approximate surface area is 170 Å². The Morgan fingerprint density at radius 1 is 1.21 bits per heavy atom. The maximum atomic E-state index is 14.6. The van der Waals surface area contributed by atoms with Crippen LogP contribution in [0, 0.1) is 11.7 Å². The Balaban J connectivity index is 1.37. The molecule has 0 spiro atoms. The summed E-state index contributed by atoms with van der Waals surface area (Å²) in [7, 11) is 0. The van der Waals surface area contributed by atoms with Gasteiger partial charge < -0.3 is 9.42 Å². The van der Waals surface area contributed by atoms with Crippen molar-refractivity contribution >= 4 is 10.9 Å². The summed E-state index contributed by atoms with van der Waals surface area (Å²) in [5.74, 6) is 1.32. The van der Waals surface area contributed by atoms with Crippen LogP contribution in [0.4, 0.5) is 4.39 Å². The zero-order chi connectivity index (χ0) is 20.0. The molecule has 154 valence electrons. The van der Waals surface area contributed by atoms with Gasteiger partial charge in [0.25, 0.3) is 5.95 Å². The molecule has 1 atom stereocenters. The fourth-order valence-electron chi connectivity index (χ4n) is 5.01. The van der Waals surface area contributed by atoms with Crippen LogP contribution in [0.2, 0.25) is 0 Å². The van der Waals surface area contributed by atoms with Crippen LogP contribution in [0.5, 0.6) is 0 Å². The molecule has 2 aliphatic rings. The summed E-state index contributed by atoms with van der Waals surface area (Å²) in [4.78, 5) is 7.21. The van der Waals surface area contributed by atoms with Gasteiger partial charge in [-0.15, -0.1) is 0 Å². The van der Waals surface area contributed by atoms with Gasteiger partial charge in [-0.25, -0.2) is 4.39 Å². The minimum atomic E-state index is -0.323. The van der Waals surface area contributed by atoms with Crippen molar-refractivity contribution in [1.82, 2.24) is 24.8 Å². The molecule has 5 rings (SSSR count). The summed E-state index contributed by atoms with van der Waals surface area (Å²) in [5.41, 5.74) is 1.26. The van der Waals surface area contributed by atoms with E-state index in [2.05, 4.69) is 34.0 Å². The van der Waals surface area contributed by atoms with E-state index in [1.165, 1.54) is 49.4 Å². The molecule has 6 nitrogen and oxygen atoms in total. The SMILES string of the molecule is CC(C)c1nn(-c2noc(C[C@H]3CCN(C4CCCC4)C3)n2)c2c(F)cccc12. The van der Waals surface area contributed by atoms with Gasteiger partial charge in [0.2, 0.25) is 5.89 Å². The number of para-hydroxylation sites is 1. The maximum absolute atomic E-state index is 14.6. The topological polar surface area (TPSA) is 60.0 Å². The number of hydrogen-bond donors (Lipinski definition) is 0. The van der Waals surface area contributed by atoms with Crippen LogP contribution in [-0.2, 0) is 6.42 Å². The molecule has 0 unspecified atom stereocenters. The summed E-state index contributed by atoms with van der Waals surface area (Å²) in [6, 6.07) is 5.83. The second-order valence-corrected chi connectivity index (χ2v) is 8.87. The fraction of sp³-hybridized carbons (Fsp3) is 0.591. The van der Waals surface area contributed by atoms with Crippen LogP contribution in [0.15, 0.2) is 22.7 Å². The smallest absolute Gasteiger partial charge is 0.291 e. The number of likely N-dealkylation sites (tertiary alicyclic amines) is 1. The number of halogens is 1. The molecule has 1 aliphatic carbocycles. The van der Waals surface area contributed by atoms with Gasteiger partial charge in [-0.3, -0.25) is 0 Å². The standard InChI is InChI=1S/C22H28FN5O/c1-14(2)20-17-8-5-9-18(23)21(17)28(25-20)22-24-19(29-26-22)12-15-10-11-27(13-15)16-6-3-4-7-16/h5,8-9,14-16H,3-4,6-7,10-13H2,1-2H3/t15-/m1/s1. The Morgan fingerprint density at radius 3 is 2.83 bits per heavy atom. The van der Waals surface area contributed by atoms with Gasteiger partial charge in [-0.1, -0.05) is 38.8 Å². The summed E-state index contributed by atoms with van der Waals surface area (Å²) in [5, 5.41) is 9.54. The second kappa shape index (κ2) is 7.52. The maximum Gasteiger partial charge on any atom is 0.291 e. The molecule has 29 heavy (non-hydrogen) atoms. The predicted molar refractivity (Wildman–Crippen MR) is 109 cm³/mol. The van der Waals surface area contributed by atoms with E-state index in [9.17, 15) is 4.39 Å². The van der Waals surface area contributed by atoms with Crippen molar-refractivity contribution in [3.63, 3.8) is 0 Å². The molecule has 1 aromatic carbocycles. The molecule has 3 heterocycles. The highest BCUT2D eigenvalue weighted by Gasteiger charge is 2.31. The molecule has 2 fully saturated rings. The number of rotatable bonds is 5. The monoisotopic (exact) mass is 397 g/mol. The quantitative estimate of drug-likeness (QED) is 0.635. The highest BCUT2D eigenvalue weighted by atomic mass is 19.1. The third-order valence-electron chi connectivity index (χ3n) is 6.50. The fourth-order valence-corrected chi connectivity index (χ4v) is 5.01. The minimum Gasteiger partial charge on any atom is -0.337 e. The van der Waals surface area contributed by atoms with Crippen molar-refractivity contribution < 1.29 is 8.91 Å². The van der Waals surface area contributed by atoms with Crippen LogP contribution in [0.1, 0.15) is 63.5 Å². The minimum absolute atomic E-state index is 0.173. The number of fused-ring (bicyclic) bond motifs is 1. The van der Waals surface area contributed by atoms with Crippen molar-refractivity contribution in [2.75, 3.05) is 13.1 Å². The predicted octanol–water partition coefficient (Wildman–Crippen LogP) is 4.48. The Morgan fingerprint density at radius 2 is 2.03 bits per heavy atom. The Bertz CT molecular complexity index is 1000. The number of nitrogens with zero attached hydrogens (tertiary/aromatic N) is 5. The van der Waals surface area contributed by atoms with E-state index in [0.717, 1.165) is 30.1 Å². The first-order valence-corrected chi connectivity index (χ1v) is 10.8. The second-order valence-electron chi connectivity index (χ2n) is 8.87. The van der Waals surface area contributed by atoms with Gasteiger partial charge >= 0.3 is 0 Å². The van der Waals surface area contributed by atoms with E-state index in [1.54, 1.807) is 6.07 Å². The summed E-state index contributed by atoms with van der Waals surface area (Å²) in [6.07, 6.45) is 7.36. The van der Waals surface area contributed by atoms with Crippen LogP contribution >= 0.6 is 0 Å². The lowest BCUT2D eigenvalue weighted by Crippen LogP contribution is -2.31. The van der Waals surface area contributed by atoms with E-state index >= 15 is 0 Å². The van der Waals surface area contributed by atoms with Crippen molar-refractivity contribution in [3.8, 4) is 5.95 Å². The summed E-state index contributed by atoms with van der Waals surface area (Å²) in [6.45, 7) is 6.38. The molecular formula is C22H28FN5O. The van der Waals surface area contributed by atoms with E-state index in [0.29, 0.717) is 23.3 Å². The van der Waals surface area contributed by atoms with E-state index < -0.39 is 0 Å². The van der Waals surface area contributed by atoms with Crippen molar-refractivity contribution in [2.24, 2.45) is 5.92 Å². The largest absolute Gasteiger partial charge is 0.337 e. The average molecular weight is 397 g/mol. The Hall–Kier alpha value is -2.28. The number of hydrogen-bond acceptors (Lipinski definition) is 5.